The van der Waals surface area contributed by atoms with Crippen LogP contribution in [0.2, 0.25) is 0 Å². The van der Waals surface area contributed by atoms with Crippen molar-refractivity contribution in [2.45, 2.75) is 19.9 Å². The molecule has 2 amide bonds. The van der Waals surface area contributed by atoms with Gasteiger partial charge in [-0.05, 0) is 13.8 Å². The third-order valence-corrected chi connectivity index (χ3v) is 1.77. The van der Waals surface area contributed by atoms with Gasteiger partial charge in [0, 0.05) is 12.2 Å². The summed E-state index contributed by atoms with van der Waals surface area (Å²) in [5.74, 6) is -0.848. The van der Waals surface area contributed by atoms with E-state index in [0.717, 1.165) is 0 Å². The largest absolute Gasteiger partial charge is 0.465 e. The van der Waals surface area contributed by atoms with Gasteiger partial charge in [0.1, 0.15) is 5.69 Å². The number of carbonyl (C=O) groups is 2. The van der Waals surface area contributed by atoms with Gasteiger partial charge >= 0.3 is 11.8 Å². The standard InChI is InChI=1S/C8H11N3O4/c1-4(2)11-3-5(9-7(11)13)6(12)10-8(14)15/h3-4H,1-2H3,(H,9,13)(H,10,12)(H,14,15). The maximum atomic E-state index is 11.3. The molecule has 7 nitrogen and oxygen atoms in total. The number of carboxylic acid groups (broad SMARTS) is 1. The first kappa shape index (κ1) is 11.0. The highest BCUT2D eigenvalue weighted by Gasteiger charge is 2.14. The monoisotopic (exact) mass is 213 g/mol. The number of aromatic nitrogens is 2. The topological polar surface area (TPSA) is 104 Å². The van der Waals surface area contributed by atoms with Crippen LogP contribution in [0.15, 0.2) is 11.0 Å². The molecule has 0 saturated heterocycles. The Balaban J connectivity index is 2.97. The lowest BCUT2D eigenvalue weighted by molar-refractivity contribution is 0.0943. The number of imide groups is 1. The summed E-state index contributed by atoms with van der Waals surface area (Å²) >= 11 is 0. The zero-order valence-electron chi connectivity index (χ0n) is 8.27. The van der Waals surface area contributed by atoms with E-state index < -0.39 is 17.7 Å². The second-order valence-electron chi connectivity index (χ2n) is 3.23. The lowest BCUT2D eigenvalue weighted by Gasteiger charge is -2.02. The highest BCUT2D eigenvalue weighted by molar-refractivity contribution is 6.00. The lowest BCUT2D eigenvalue weighted by Crippen LogP contribution is -2.29. The molecule has 82 valence electrons. The first-order valence-electron chi connectivity index (χ1n) is 4.27. The summed E-state index contributed by atoms with van der Waals surface area (Å²) in [5, 5.41) is 9.93. The van der Waals surface area contributed by atoms with Gasteiger partial charge < -0.3 is 10.1 Å². The number of imidazole rings is 1. The fourth-order valence-corrected chi connectivity index (χ4v) is 1.07. The molecule has 3 N–H and O–H groups in total. The summed E-state index contributed by atoms with van der Waals surface area (Å²) in [6.07, 6.45) is -0.177. The van der Waals surface area contributed by atoms with Crippen molar-refractivity contribution in [3.05, 3.63) is 22.4 Å². The van der Waals surface area contributed by atoms with Crippen LogP contribution in [0.1, 0.15) is 30.4 Å². The molecule has 1 heterocycles. The zero-order valence-corrected chi connectivity index (χ0v) is 8.27. The predicted molar refractivity (Wildman–Crippen MR) is 50.9 cm³/mol. The van der Waals surface area contributed by atoms with Crippen molar-refractivity contribution >= 4 is 12.0 Å². The Morgan fingerprint density at radius 2 is 2.13 bits per heavy atom. The Kier molecular flexibility index (Phi) is 2.93. The first-order valence-corrected chi connectivity index (χ1v) is 4.27. The van der Waals surface area contributed by atoms with Gasteiger partial charge in [0.15, 0.2) is 0 Å². The van der Waals surface area contributed by atoms with E-state index in [4.69, 9.17) is 5.11 Å². The number of amides is 2. The molecule has 15 heavy (non-hydrogen) atoms. The van der Waals surface area contributed by atoms with E-state index in [0.29, 0.717) is 0 Å². The predicted octanol–water partition coefficient (Wildman–Crippen LogP) is 0.165. The molecule has 1 rings (SSSR count). The number of nitrogens with one attached hydrogen (secondary N) is 2. The summed E-state index contributed by atoms with van der Waals surface area (Å²) in [4.78, 5) is 34.9. The number of rotatable bonds is 2. The molecule has 1 aromatic heterocycles. The minimum absolute atomic E-state index is 0.0731. The summed E-state index contributed by atoms with van der Waals surface area (Å²) in [6, 6.07) is -0.0971. The second-order valence-corrected chi connectivity index (χ2v) is 3.23. The van der Waals surface area contributed by atoms with E-state index in [1.54, 1.807) is 19.2 Å². The first-order chi connectivity index (χ1) is 6.91. The molecular weight excluding hydrogens is 202 g/mol. The third kappa shape index (κ3) is 2.46. The molecule has 0 fully saturated rings. The second kappa shape index (κ2) is 3.99. The van der Waals surface area contributed by atoms with Gasteiger partial charge in [0.2, 0.25) is 0 Å². The molecule has 0 bridgehead atoms. The van der Waals surface area contributed by atoms with Crippen LogP contribution in [0.25, 0.3) is 0 Å². The van der Waals surface area contributed by atoms with Crippen molar-refractivity contribution in [3.8, 4) is 0 Å². The molecule has 0 spiro atoms. The fraction of sp³-hybridized carbons (Fsp3) is 0.375. The normalized spacial score (nSPS) is 10.3. The fourth-order valence-electron chi connectivity index (χ4n) is 1.07. The minimum atomic E-state index is -1.46. The Hall–Kier alpha value is -2.05. The van der Waals surface area contributed by atoms with Gasteiger partial charge in [-0.3, -0.25) is 14.7 Å². The van der Waals surface area contributed by atoms with Gasteiger partial charge in [-0.15, -0.1) is 0 Å². The van der Waals surface area contributed by atoms with Crippen molar-refractivity contribution in [2.24, 2.45) is 0 Å². The van der Waals surface area contributed by atoms with Gasteiger partial charge in [-0.25, -0.2) is 9.59 Å². The average Bonchev–Trinajstić information content (AvgIpc) is 2.46. The van der Waals surface area contributed by atoms with Gasteiger partial charge in [0.25, 0.3) is 5.91 Å². The van der Waals surface area contributed by atoms with E-state index in [2.05, 4.69) is 4.98 Å². The van der Waals surface area contributed by atoms with Crippen molar-refractivity contribution in [1.82, 2.24) is 14.9 Å². The SMILES string of the molecule is CC(C)n1cc(C(=O)NC(=O)O)[nH]c1=O. The van der Waals surface area contributed by atoms with E-state index in [9.17, 15) is 14.4 Å². The molecule has 0 aliphatic heterocycles. The summed E-state index contributed by atoms with van der Waals surface area (Å²) in [5.41, 5.74) is -0.517. The summed E-state index contributed by atoms with van der Waals surface area (Å²) in [7, 11) is 0. The summed E-state index contributed by atoms with van der Waals surface area (Å²) < 4.78 is 1.30. The lowest BCUT2D eigenvalue weighted by atomic mass is 10.4. The van der Waals surface area contributed by atoms with Gasteiger partial charge in [-0.2, -0.15) is 0 Å². The van der Waals surface area contributed by atoms with Crippen molar-refractivity contribution < 1.29 is 14.7 Å². The van der Waals surface area contributed by atoms with E-state index in [1.165, 1.54) is 10.8 Å². The number of carbonyl (C=O) groups excluding carboxylic acids is 1. The molecule has 0 radical (unpaired) electrons. The number of hydrogen-bond acceptors (Lipinski definition) is 3. The molecule has 0 saturated carbocycles. The maximum absolute atomic E-state index is 11.3. The highest BCUT2D eigenvalue weighted by Crippen LogP contribution is 2.01. The van der Waals surface area contributed by atoms with Crippen LogP contribution in [-0.4, -0.2) is 26.7 Å². The van der Waals surface area contributed by atoms with Crippen LogP contribution in [-0.2, 0) is 0 Å². The molecule has 0 aliphatic rings. The molecule has 0 aromatic carbocycles. The third-order valence-electron chi connectivity index (χ3n) is 1.77. The molecule has 0 unspecified atom stereocenters. The van der Waals surface area contributed by atoms with E-state index >= 15 is 0 Å². The minimum Gasteiger partial charge on any atom is -0.465 e. The molecule has 0 atom stereocenters. The number of nitrogens with zero attached hydrogens (tertiary/aromatic N) is 1. The van der Waals surface area contributed by atoms with Crippen molar-refractivity contribution in [3.63, 3.8) is 0 Å². The smallest absolute Gasteiger partial charge is 0.411 e. The Bertz CT molecular complexity index is 443. The average molecular weight is 213 g/mol. The Morgan fingerprint density at radius 3 is 2.53 bits per heavy atom. The van der Waals surface area contributed by atoms with Gasteiger partial charge in [0.05, 0.1) is 0 Å². The van der Waals surface area contributed by atoms with Crippen molar-refractivity contribution in [1.29, 1.82) is 0 Å². The van der Waals surface area contributed by atoms with Gasteiger partial charge in [-0.1, -0.05) is 0 Å². The molecular formula is C8H11N3O4. The highest BCUT2D eigenvalue weighted by atomic mass is 16.4. The zero-order chi connectivity index (χ0) is 11.6. The molecule has 1 aromatic rings. The Labute approximate surface area is 84.7 Å². The van der Waals surface area contributed by atoms with Crippen molar-refractivity contribution in [2.75, 3.05) is 0 Å². The number of hydrogen-bond donors (Lipinski definition) is 3. The van der Waals surface area contributed by atoms with Crippen LogP contribution >= 0.6 is 0 Å². The van der Waals surface area contributed by atoms with Crippen LogP contribution in [0.5, 0.6) is 0 Å². The quantitative estimate of drug-likeness (QED) is 0.651. The van der Waals surface area contributed by atoms with Crippen LogP contribution in [0, 0.1) is 0 Å². The van der Waals surface area contributed by atoms with E-state index in [-0.39, 0.29) is 11.7 Å². The van der Waals surface area contributed by atoms with Crippen LogP contribution in [0.3, 0.4) is 0 Å². The maximum Gasteiger partial charge on any atom is 0.411 e. The van der Waals surface area contributed by atoms with Crippen LogP contribution in [0.4, 0.5) is 4.79 Å². The Morgan fingerprint density at radius 1 is 1.53 bits per heavy atom. The number of H-pyrrole nitrogens is 1. The van der Waals surface area contributed by atoms with Crippen LogP contribution < -0.4 is 11.0 Å². The molecule has 0 aliphatic carbocycles. The summed E-state index contributed by atoms with van der Waals surface area (Å²) in [6.45, 7) is 3.54. The molecule has 7 heteroatoms. The number of aromatic amines is 1. The van der Waals surface area contributed by atoms with E-state index in [1.807, 2.05) is 0 Å².